The van der Waals surface area contributed by atoms with Gasteiger partial charge in [0.05, 0.1) is 31.7 Å². The number of nitrogens with zero attached hydrogens (tertiary/aromatic N) is 4. The molecule has 2 aromatic heterocycles. The number of carbonyl (C=O) groups is 3. The number of likely N-dealkylation sites (N-methyl/N-ethyl adjacent to an activating group) is 1. The van der Waals surface area contributed by atoms with E-state index in [0.29, 0.717) is 93.2 Å². The van der Waals surface area contributed by atoms with Crippen molar-refractivity contribution in [3.8, 4) is 5.75 Å². The van der Waals surface area contributed by atoms with Gasteiger partial charge < -0.3 is 31.3 Å². The Hall–Kier alpha value is -6.82. The molecule has 4 heterocycles. The molecule has 3 amide bonds. The molecule has 3 aliphatic rings. The topological polar surface area (TPSA) is 263 Å². The minimum Gasteiger partial charge on any atom is -0.487 e. The number of aromatic nitrogens is 2. The molecule has 83 heavy (non-hydrogen) atoms. The van der Waals surface area contributed by atoms with Crippen LogP contribution in [0.2, 0.25) is 5.02 Å². The molecule has 1 aliphatic carbocycles. The molecule has 5 aromatic rings. The van der Waals surface area contributed by atoms with E-state index in [1.165, 1.54) is 47.7 Å². The fourth-order valence-corrected chi connectivity index (χ4v) is 13.4. The van der Waals surface area contributed by atoms with Crippen LogP contribution in [-0.2, 0) is 51.9 Å². The Labute approximate surface area is 493 Å². The number of carbonyl (C=O) groups excluding carboxylic acids is 3. The molecule has 0 saturated heterocycles. The summed E-state index contributed by atoms with van der Waals surface area (Å²) in [5, 5.41) is 11.6. The molecular weight excluding hydrogens is 1140 g/mol. The summed E-state index contributed by atoms with van der Waals surface area (Å²) in [6.45, 7) is 11.4. The fourth-order valence-electron chi connectivity index (χ4n) is 11.7. The summed E-state index contributed by atoms with van der Waals surface area (Å²) in [7, 11) is -8.95. The average Bonchev–Trinajstić information content (AvgIpc) is 3.96. The van der Waals surface area contributed by atoms with Crippen LogP contribution in [0.3, 0.4) is 0 Å². The molecule has 8 rings (SSSR count). The summed E-state index contributed by atoms with van der Waals surface area (Å²) < 4.78 is 91.7. The highest BCUT2D eigenvalue weighted by molar-refractivity contribution is 7.86. The first kappa shape index (κ1) is 62.2. The average molecular weight is 1210 g/mol. The molecule has 18 nitrogen and oxygen atoms in total. The molecule has 7 N–H and O–H groups in total. The van der Waals surface area contributed by atoms with Crippen LogP contribution < -0.4 is 31.3 Å². The van der Waals surface area contributed by atoms with Crippen LogP contribution in [0.15, 0.2) is 130 Å². The number of hydrogen-bond donors (Lipinski definition) is 6. The first-order valence-electron chi connectivity index (χ1n) is 27.7. The SMILES string of the molecule is CCN1/C(=C/C=C/C=C/C2=[N+](CC)c3ccc(S(=O)(=O)O)cc3C2(C)C)C(C)(CCCC(=O)NCCCC[C@@H](NC(=O)C2(Cc3cccc(Nc4nccs4)n3)CCC(Oc3cccc(Cl)c3F)CC2)C(N)=O)c2cc(S(=O)(=O)O)ccc21. The minimum atomic E-state index is -4.54. The van der Waals surface area contributed by atoms with Gasteiger partial charge in [-0.25, -0.2) is 14.4 Å². The Morgan fingerprint density at radius 3 is 2.33 bits per heavy atom. The van der Waals surface area contributed by atoms with Crippen LogP contribution >= 0.6 is 22.9 Å². The second-order valence-electron chi connectivity index (χ2n) is 21.9. The number of ether oxygens (including phenoxy) is 1. The van der Waals surface area contributed by atoms with Crippen LogP contribution in [0.5, 0.6) is 5.75 Å². The van der Waals surface area contributed by atoms with Gasteiger partial charge in [-0.2, -0.15) is 21.4 Å². The molecule has 0 radical (unpaired) electrons. The van der Waals surface area contributed by atoms with Crippen LogP contribution in [0.25, 0.3) is 0 Å². The molecule has 23 heteroatoms. The lowest BCUT2D eigenvalue weighted by Gasteiger charge is -2.39. The van der Waals surface area contributed by atoms with Crippen molar-refractivity contribution in [2.75, 3.05) is 29.9 Å². The van der Waals surface area contributed by atoms with Gasteiger partial charge in [-0.05, 0) is 159 Å². The van der Waals surface area contributed by atoms with Gasteiger partial charge in [0.2, 0.25) is 23.4 Å². The molecule has 3 aromatic carbocycles. The van der Waals surface area contributed by atoms with Crippen LogP contribution in [0.1, 0.15) is 116 Å². The van der Waals surface area contributed by atoms with Gasteiger partial charge in [0.1, 0.15) is 18.4 Å². The van der Waals surface area contributed by atoms with Crippen molar-refractivity contribution in [3.05, 3.63) is 148 Å². The maximum atomic E-state index is 14.8. The van der Waals surface area contributed by atoms with E-state index in [9.17, 15) is 44.7 Å². The van der Waals surface area contributed by atoms with Crippen molar-refractivity contribution in [2.24, 2.45) is 11.1 Å². The summed E-state index contributed by atoms with van der Waals surface area (Å²) in [5.41, 5.74) is 9.04. The quantitative estimate of drug-likeness (QED) is 0.0137. The molecule has 2 aliphatic heterocycles. The number of primary amides is 1. The maximum Gasteiger partial charge on any atom is 0.294 e. The summed E-state index contributed by atoms with van der Waals surface area (Å²) in [5.74, 6) is -1.33. The third kappa shape index (κ3) is 14.2. The predicted molar refractivity (Wildman–Crippen MR) is 320 cm³/mol. The number of thiazole rings is 1. The zero-order chi connectivity index (χ0) is 59.9. The number of benzene rings is 3. The number of hydrogen-bond acceptors (Lipinski definition) is 13. The van der Waals surface area contributed by atoms with E-state index in [0.717, 1.165) is 28.3 Å². The molecule has 0 spiro atoms. The molecule has 2 atom stereocenters. The van der Waals surface area contributed by atoms with Crippen LogP contribution in [0.4, 0.5) is 26.7 Å². The zero-order valence-corrected chi connectivity index (χ0v) is 50.2. The number of rotatable bonds is 25. The highest BCUT2D eigenvalue weighted by Gasteiger charge is 2.47. The second-order valence-corrected chi connectivity index (χ2v) is 26.0. The summed E-state index contributed by atoms with van der Waals surface area (Å²) in [6.07, 6.45) is 14.8. The molecule has 0 bridgehead atoms. The van der Waals surface area contributed by atoms with E-state index >= 15 is 0 Å². The van der Waals surface area contributed by atoms with Crippen molar-refractivity contribution in [2.45, 2.75) is 138 Å². The van der Waals surface area contributed by atoms with E-state index in [2.05, 4.69) is 30.4 Å². The van der Waals surface area contributed by atoms with Gasteiger partial charge in [0.15, 0.2) is 22.4 Å². The Balaban J connectivity index is 0.889. The normalized spacial score (nSPS) is 20.4. The number of unbranched alkanes of at least 4 members (excludes halogenated alkanes) is 1. The number of amides is 3. The first-order chi connectivity index (χ1) is 39.4. The van der Waals surface area contributed by atoms with Crippen LogP contribution in [0, 0.1) is 11.2 Å². The molecule has 442 valence electrons. The fraction of sp³-hybridized carbons (Fsp3) is 0.400. The first-order valence-corrected chi connectivity index (χ1v) is 31.8. The maximum absolute atomic E-state index is 14.8. The predicted octanol–water partition coefficient (Wildman–Crippen LogP) is 10.4. The standard InChI is InChI=1S/C60H70ClFN8O10S3/c1-6-69-47-26-24-41(82(74,75)76)36-43(47)58(3,4)50(69)20-9-8-10-21-51-59(5,44-37-42(83(77,78)79)25-27-48(44)70(51)7-2)30-15-23-53(71)64-33-12-11-18-46(55(63)72)67-56(73)60(38-39-16-13-22-52(66-39)68-57-65-34-35-81-57)31-28-40(29-32-60)80-49-19-14-17-45(61)54(49)62/h8-10,13-14,16-17,19-22,24-27,34-37,40,46H,6-7,11-12,15,18,23,28-33,38H2,1-5H3,(H6-,63,64,65,66,67,68,71,72,73,74,75,76,77,78,79)/p+1/t40?,46-,59?,60?/m1/s1. The van der Waals surface area contributed by atoms with Crippen LogP contribution in [-0.4, -0.2) is 95.7 Å². The number of nitrogens with one attached hydrogen (secondary N) is 3. The number of allylic oxidation sites excluding steroid dienone is 6. The summed E-state index contributed by atoms with van der Waals surface area (Å²) in [4.78, 5) is 51.6. The van der Waals surface area contributed by atoms with Gasteiger partial charge >= 0.3 is 0 Å². The molecule has 1 saturated carbocycles. The molecular formula is C60H71ClFN8O10S3+. The largest absolute Gasteiger partial charge is 0.487 e. The van der Waals surface area contributed by atoms with Gasteiger partial charge in [0, 0.05) is 77.7 Å². The third-order valence-electron chi connectivity index (χ3n) is 16.1. The Morgan fingerprint density at radius 1 is 0.940 bits per heavy atom. The van der Waals surface area contributed by atoms with Crippen molar-refractivity contribution >= 4 is 88.9 Å². The lowest BCUT2D eigenvalue weighted by molar-refractivity contribution is -0.433. The Bertz CT molecular complexity index is 3600. The number of fused-ring (bicyclic) bond motifs is 2. The summed E-state index contributed by atoms with van der Waals surface area (Å²) in [6, 6.07) is 18.2. The number of pyridine rings is 1. The number of nitrogens with two attached hydrogens (primary N) is 1. The van der Waals surface area contributed by atoms with E-state index in [1.54, 1.807) is 30.5 Å². The van der Waals surface area contributed by atoms with Crippen molar-refractivity contribution in [3.63, 3.8) is 0 Å². The van der Waals surface area contributed by atoms with E-state index < -0.39 is 60.4 Å². The van der Waals surface area contributed by atoms with E-state index in [-0.39, 0.29) is 51.6 Å². The molecule has 1 unspecified atom stereocenters. The zero-order valence-electron chi connectivity index (χ0n) is 47.0. The van der Waals surface area contributed by atoms with Gasteiger partial charge in [-0.15, -0.1) is 11.3 Å². The number of halogens is 2. The lowest BCUT2D eigenvalue weighted by Crippen LogP contribution is -2.53. The number of anilines is 3. The van der Waals surface area contributed by atoms with Gasteiger partial charge in [-0.1, -0.05) is 42.0 Å². The van der Waals surface area contributed by atoms with E-state index in [4.69, 9.17) is 27.1 Å². The summed E-state index contributed by atoms with van der Waals surface area (Å²) >= 11 is 7.45. The van der Waals surface area contributed by atoms with Crippen molar-refractivity contribution in [1.29, 1.82) is 0 Å². The highest BCUT2D eigenvalue weighted by atomic mass is 35.5. The van der Waals surface area contributed by atoms with Crippen molar-refractivity contribution < 1.29 is 54.0 Å². The smallest absolute Gasteiger partial charge is 0.294 e. The highest BCUT2D eigenvalue weighted by Crippen LogP contribution is 2.51. The van der Waals surface area contributed by atoms with Gasteiger partial charge in [0.25, 0.3) is 20.2 Å². The van der Waals surface area contributed by atoms with Gasteiger partial charge in [-0.3, -0.25) is 23.5 Å². The Kier molecular flexibility index (Phi) is 19.5. The lowest BCUT2D eigenvalue weighted by atomic mass is 9.69. The van der Waals surface area contributed by atoms with Crippen molar-refractivity contribution in [1.82, 2.24) is 20.6 Å². The molecule has 1 fully saturated rings. The monoisotopic (exact) mass is 1210 g/mol. The second kappa shape index (κ2) is 26.0. The minimum absolute atomic E-state index is 0.0307. The van der Waals surface area contributed by atoms with E-state index in [1.807, 2.05) is 82.5 Å². The Morgan fingerprint density at radius 2 is 1.65 bits per heavy atom. The third-order valence-corrected chi connectivity index (χ3v) is 18.8.